The first-order valence-corrected chi connectivity index (χ1v) is 6.02. The number of carbonyl (C=O) groups is 1. The van der Waals surface area contributed by atoms with Crippen molar-refractivity contribution in [1.29, 1.82) is 0 Å². The number of thiophene rings is 1. The normalized spacial score (nSPS) is 11.3. The Morgan fingerprint density at radius 2 is 1.74 bits per heavy atom. The Kier molecular flexibility index (Phi) is 3.48. The van der Waals surface area contributed by atoms with E-state index in [1.54, 1.807) is 24.3 Å². The molecule has 0 saturated heterocycles. The Bertz CT molecular complexity index is 590. The zero-order valence-corrected chi connectivity index (χ0v) is 10.3. The first kappa shape index (κ1) is 13.4. The third-order valence-electron chi connectivity index (χ3n) is 2.32. The van der Waals surface area contributed by atoms with Crippen LogP contribution >= 0.6 is 11.3 Å². The van der Waals surface area contributed by atoms with Gasteiger partial charge in [0.25, 0.3) is 0 Å². The van der Waals surface area contributed by atoms with Gasteiger partial charge in [-0.1, -0.05) is 12.1 Å². The number of rotatable bonds is 2. The van der Waals surface area contributed by atoms with E-state index in [2.05, 4.69) is 5.32 Å². The van der Waals surface area contributed by atoms with E-state index in [-0.39, 0.29) is 0 Å². The van der Waals surface area contributed by atoms with Crippen molar-refractivity contribution in [2.75, 3.05) is 5.32 Å². The molecule has 0 unspecified atom stereocenters. The van der Waals surface area contributed by atoms with Crippen LogP contribution in [0.25, 0.3) is 10.4 Å². The van der Waals surface area contributed by atoms with Gasteiger partial charge in [-0.3, -0.25) is 0 Å². The van der Waals surface area contributed by atoms with E-state index in [1.807, 2.05) is 0 Å². The molecule has 0 radical (unpaired) electrons. The second kappa shape index (κ2) is 4.93. The average molecular weight is 286 g/mol. The smallest absolute Gasteiger partial charge is 0.351 e. The first-order chi connectivity index (χ1) is 8.86. The van der Waals surface area contributed by atoms with E-state index < -0.39 is 17.1 Å². The number of amides is 2. The molecule has 3 N–H and O–H groups in total. The molecule has 0 saturated carbocycles. The Labute approximate surface area is 110 Å². The summed E-state index contributed by atoms with van der Waals surface area (Å²) in [6, 6.07) is 8.18. The van der Waals surface area contributed by atoms with Gasteiger partial charge < -0.3 is 11.1 Å². The lowest BCUT2D eigenvalue weighted by Gasteiger charge is -2.03. The zero-order chi connectivity index (χ0) is 14.0. The summed E-state index contributed by atoms with van der Waals surface area (Å²) in [6.07, 6.45) is -4.32. The van der Waals surface area contributed by atoms with E-state index in [0.29, 0.717) is 27.5 Å². The monoisotopic (exact) mass is 286 g/mol. The number of nitrogens with one attached hydrogen (secondary N) is 1. The summed E-state index contributed by atoms with van der Waals surface area (Å²) in [5.41, 5.74) is 6.09. The van der Waals surface area contributed by atoms with Crippen LogP contribution in [0.3, 0.4) is 0 Å². The number of carbonyl (C=O) groups excluding carboxylic acids is 1. The van der Waals surface area contributed by atoms with Crippen LogP contribution in [0.5, 0.6) is 0 Å². The molecule has 19 heavy (non-hydrogen) atoms. The molecule has 1 heterocycles. The Morgan fingerprint density at radius 1 is 1.11 bits per heavy atom. The van der Waals surface area contributed by atoms with Crippen LogP contribution < -0.4 is 11.1 Å². The lowest BCUT2D eigenvalue weighted by atomic mass is 10.2. The van der Waals surface area contributed by atoms with Crippen LogP contribution in [0.2, 0.25) is 0 Å². The fourth-order valence-electron chi connectivity index (χ4n) is 1.51. The molecule has 0 spiro atoms. The molecule has 1 aromatic carbocycles. The van der Waals surface area contributed by atoms with Gasteiger partial charge in [-0.15, -0.1) is 11.3 Å². The summed E-state index contributed by atoms with van der Waals surface area (Å²) in [5.74, 6) is 0. The van der Waals surface area contributed by atoms with Gasteiger partial charge in [-0.25, -0.2) is 4.79 Å². The number of halogens is 3. The Balaban J connectivity index is 2.23. The maximum Gasteiger partial charge on any atom is 0.425 e. The number of hydrogen-bond acceptors (Lipinski definition) is 2. The molecule has 7 heteroatoms. The minimum atomic E-state index is -4.32. The topological polar surface area (TPSA) is 55.1 Å². The van der Waals surface area contributed by atoms with Crippen LogP contribution in [0.4, 0.5) is 23.7 Å². The molecule has 2 rings (SSSR count). The first-order valence-electron chi connectivity index (χ1n) is 5.20. The third-order valence-corrected chi connectivity index (χ3v) is 3.50. The van der Waals surface area contributed by atoms with Crippen molar-refractivity contribution in [3.05, 3.63) is 41.3 Å². The molecule has 2 amide bonds. The standard InChI is InChI=1S/C12H9F3N2OS/c13-12(14,15)10-6-5-9(19-10)7-1-3-8(4-2-7)17-11(16)18/h1-6H,(H3,16,17,18). The lowest BCUT2D eigenvalue weighted by Crippen LogP contribution is -2.19. The van der Waals surface area contributed by atoms with Crippen molar-refractivity contribution in [2.45, 2.75) is 6.18 Å². The number of nitrogens with two attached hydrogens (primary N) is 1. The minimum absolute atomic E-state index is 0.490. The van der Waals surface area contributed by atoms with Crippen LogP contribution in [0.1, 0.15) is 4.88 Å². The predicted molar refractivity (Wildman–Crippen MR) is 68.0 cm³/mol. The van der Waals surface area contributed by atoms with E-state index >= 15 is 0 Å². The molecule has 0 aliphatic carbocycles. The van der Waals surface area contributed by atoms with Gasteiger partial charge in [0.1, 0.15) is 4.88 Å². The van der Waals surface area contributed by atoms with E-state index in [9.17, 15) is 18.0 Å². The Morgan fingerprint density at radius 3 is 2.21 bits per heavy atom. The largest absolute Gasteiger partial charge is 0.425 e. The number of anilines is 1. The second-order valence-corrected chi connectivity index (χ2v) is 4.81. The van der Waals surface area contributed by atoms with E-state index in [1.165, 1.54) is 6.07 Å². The van der Waals surface area contributed by atoms with Crippen molar-refractivity contribution in [3.8, 4) is 10.4 Å². The number of primary amides is 1. The summed E-state index contributed by atoms with van der Waals surface area (Å²) >= 11 is 0.676. The van der Waals surface area contributed by atoms with E-state index in [0.717, 1.165) is 6.07 Å². The van der Waals surface area contributed by atoms with Crippen LogP contribution in [0.15, 0.2) is 36.4 Å². The maximum absolute atomic E-state index is 12.5. The molecule has 0 bridgehead atoms. The quantitative estimate of drug-likeness (QED) is 0.863. The summed E-state index contributed by atoms with van der Waals surface area (Å²) in [5, 5.41) is 2.38. The molecule has 2 aromatic rings. The molecular weight excluding hydrogens is 277 g/mol. The number of urea groups is 1. The van der Waals surface area contributed by atoms with Gasteiger partial charge in [0.2, 0.25) is 0 Å². The summed E-state index contributed by atoms with van der Waals surface area (Å²) in [6.45, 7) is 0. The minimum Gasteiger partial charge on any atom is -0.351 e. The van der Waals surface area contributed by atoms with E-state index in [4.69, 9.17) is 5.73 Å². The average Bonchev–Trinajstić information content (AvgIpc) is 2.78. The Hall–Kier alpha value is -2.02. The molecule has 100 valence electrons. The second-order valence-electron chi connectivity index (χ2n) is 3.73. The summed E-state index contributed by atoms with van der Waals surface area (Å²) < 4.78 is 37.4. The van der Waals surface area contributed by atoms with Gasteiger partial charge in [0.05, 0.1) is 0 Å². The molecule has 0 fully saturated rings. The summed E-state index contributed by atoms with van der Waals surface area (Å²) in [4.78, 5) is 10.5. The van der Waals surface area contributed by atoms with Gasteiger partial charge in [-0.2, -0.15) is 13.2 Å². The highest BCUT2D eigenvalue weighted by Gasteiger charge is 2.32. The highest BCUT2D eigenvalue weighted by Crippen LogP contribution is 2.38. The van der Waals surface area contributed by atoms with Gasteiger partial charge in [0.15, 0.2) is 0 Å². The third kappa shape index (κ3) is 3.25. The van der Waals surface area contributed by atoms with Gasteiger partial charge >= 0.3 is 12.2 Å². The van der Waals surface area contributed by atoms with Gasteiger partial charge in [-0.05, 0) is 29.8 Å². The van der Waals surface area contributed by atoms with Crippen molar-refractivity contribution < 1.29 is 18.0 Å². The molecule has 0 atom stereocenters. The predicted octanol–water partition coefficient (Wildman–Crippen LogP) is 3.92. The highest BCUT2D eigenvalue weighted by molar-refractivity contribution is 7.15. The van der Waals surface area contributed by atoms with Crippen molar-refractivity contribution in [3.63, 3.8) is 0 Å². The number of hydrogen-bond donors (Lipinski definition) is 2. The number of benzene rings is 1. The maximum atomic E-state index is 12.5. The van der Waals surface area contributed by atoms with Gasteiger partial charge in [0, 0.05) is 10.6 Å². The zero-order valence-electron chi connectivity index (χ0n) is 9.49. The fourth-order valence-corrected chi connectivity index (χ4v) is 2.38. The fraction of sp³-hybridized carbons (Fsp3) is 0.0833. The van der Waals surface area contributed by atoms with Crippen LogP contribution in [-0.2, 0) is 6.18 Å². The lowest BCUT2D eigenvalue weighted by molar-refractivity contribution is -0.134. The van der Waals surface area contributed by atoms with Crippen molar-refractivity contribution in [2.24, 2.45) is 5.73 Å². The SMILES string of the molecule is NC(=O)Nc1ccc(-c2ccc(C(F)(F)F)s2)cc1. The summed E-state index contributed by atoms with van der Waals surface area (Å²) in [7, 11) is 0. The van der Waals surface area contributed by atoms with Crippen LogP contribution in [0, 0.1) is 0 Å². The van der Waals surface area contributed by atoms with Crippen molar-refractivity contribution in [1.82, 2.24) is 0 Å². The molecule has 0 aliphatic heterocycles. The molecular formula is C12H9F3N2OS. The molecule has 1 aromatic heterocycles. The van der Waals surface area contributed by atoms with Crippen LogP contribution in [-0.4, -0.2) is 6.03 Å². The highest BCUT2D eigenvalue weighted by atomic mass is 32.1. The molecule has 0 aliphatic rings. The van der Waals surface area contributed by atoms with Crippen molar-refractivity contribution >= 4 is 23.1 Å². The molecule has 3 nitrogen and oxygen atoms in total. The number of alkyl halides is 3.